The van der Waals surface area contributed by atoms with Crippen LogP contribution in [0.25, 0.3) is 0 Å². The van der Waals surface area contributed by atoms with E-state index in [2.05, 4.69) is 20.9 Å². The van der Waals surface area contributed by atoms with Crippen molar-refractivity contribution < 1.29 is 9.53 Å². The minimum atomic E-state index is -0.527. The molecule has 0 radical (unpaired) electrons. The molecule has 1 aromatic rings. The van der Waals surface area contributed by atoms with Gasteiger partial charge >= 0.3 is 5.97 Å². The summed E-state index contributed by atoms with van der Waals surface area (Å²) in [5.74, 6) is -0.448. The number of aromatic nitrogens is 1. The fraction of sp³-hybridized carbons (Fsp3) is 0.455. The van der Waals surface area contributed by atoms with Crippen molar-refractivity contribution in [2.24, 2.45) is 0 Å². The molecule has 0 spiro atoms. The number of hydrogen-bond acceptors (Lipinski definition) is 4. The van der Waals surface area contributed by atoms with E-state index in [1.807, 2.05) is 20.8 Å². The van der Waals surface area contributed by atoms with E-state index in [9.17, 15) is 4.79 Å². The van der Waals surface area contributed by atoms with Crippen LogP contribution < -0.4 is 5.73 Å². The lowest BCUT2D eigenvalue weighted by atomic mass is 10.2. The van der Waals surface area contributed by atoms with Crippen molar-refractivity contribution in [2.75, 3.05) is 5.73 Å². The maximum atomic E-state index is 11.7. The van der Waals surface area contributed by atoms with Crippen LogP contribution in [0.15, 0.2) is 10.5 Å². The first-order valence-corrected chi connectivity index (χ1v) is 5.66. The Balaban J connectivity index is 3.02. The largest absolute Gasteiger partial charge is 0.455 e. The second kappa shape index (κ2) is 4.41. The number of nitrogens with zero attached hydrogens (tertiary/aromatic N) is 1. The van der Waals surface area contributed by atoms with Gasteiger partial charge in [-0.05, 0) is 49.7 Å². The molecule has 0 unspecified atom stereocenters. The van der Waals surface area contributed by atoms with E-state index in [1.165, 1.54) is 0 Å². The molecule has 1 heterocycles. The van der Waals surface area contributed by atoms with E-state index >= 15 is 0 Å². The third kappa shape index (κ3) is 3.20. The first-order chi connectivity index (χ1) is 7.20. The molecule has 0 aromatic carbocycles. The Kier molecular flexibility index (Phi) is 3.57. The molecule has 88 valence electrons. The molecule has 2 N–H and O–H groups in total. The topological polar surface area (TPSA) is 65.2 Å². The lowest BCUT2D eigenvalue weighted by Crippen LogP contribution is -2.24. The summed E-state index contributed by atoms with van der Waals surface area (Å²) in [6.45, 7) is 7.17. The van der Waals surface area contributed by atoms with Crippen LogP contribution in [0.5, 0.6) is 0 Å². The third-order valence-corrected chi connectivity index (χ3v) is 2.46. The van der Waals surface area contributed by atoms with Crippen molar-refractivity contribution in [3.63, 3.8) is 0 Å². The van der Waals surface area contributed by atoms with E-state index in [4.69, 9.17) is 10.5 Å². The molecule has 0 atom stereocenters. The summed E-state index contributed by atoms with van der Waals surface area (Å²) in [4.78, 5) is 15.8. The highest BCUT2D eigenvalue weighted by Gasteiger charge is 2.20. The number of carbonyl (C=O) groups is 1. The first-order valence-electron chi connectivity index (χ1n) is 4.86. The van der Waals surface area contributed by atoms with Gasteiger partial charge in [0, 0.05) is 4.47 Å². The van der Waals surface area contributed by atoms with Crippen LogP contribution in [0.4, 0.5) is 5.69 Å². The van der Waals surface area contributed by atoms with Crippen molar-refractivity contribution in [3.05, 3.63) is 21.9 Å². The summed E-state index contributed by atoms with van der Waals surface area (Å²) in [5.41, 5.74) is 6.59. The number of carbonyl (C=O) groups excluding carboxylic acids is 1. The van der Waals surface area contributed by atoms with Gasteiger partial charge in [0.15, 0.2) is 0 Å². The minimum absolute atomic E-state index is 0.258. The zero-order valence-corrected chi connectivity index (χ0v) is 11.4. The van der Waals surface area contributed by atoms with Crippen LogP contribution in [0.1, 0.15) is 37.0 Å². The van der Waals surface area contributed by atoms with Crippen molar-refractivity contribution >= 4 is 27.6 Å². The fourth-order valence-corrected chi connectivity index (χ4v) is 1.58. The molecule has 0 bridgehead atoms. The Morgan fingerprint density at radius 3 is 2.50 bits per heavy atom. The molecular formula is C11H15BrN2O2. The van der Waals surface area contributed by atoms with Gasteiger partial charge in [-0.3, -0.25) is 0 Å². The molecule has 0 amide bonds. The van der Waals surface area contributed by atoms with Crippen LogP contribution in [-0.4, -0.2) is 16.6 Å². The monoisotopic (exact) mass is 286 g/mol. The van der Waals surface area contributed by atoms with Crippen LogP contribution in [0.3, 0.4) is 0 Å². The number of hydrogen-bond donors (Lipinski definition) is 1. The second-order valence-corrected chi connectivity index (χ2v) is 5.34. The van der Waals surface area contributed by atoms with Crippen LogP contribution in [0.2, 0.25) is 0 Å². The van der Waals surface area contributed by atoms with Crippen molar-refractivity contribution in [3.8, 4) is 0 Å². The standard InChI is InChI=1S/C11H15BrN2O2/c1-6-9(13)7(12)5-8(14-6)10(15)16-11(2,3)4/h5H,13H2,1-4H3. The third-order valence-electron chi connectivity index (χ3n) is 1.81. The van der Waals surface area contributed by atoms with Gasteiger partial charge in [-0.2, -0.15) is 0 Å². The van der Waals surface area contributed by atoms with Gasteiger partial charge in [-0.15, -0.1) is 0 Å². The molecular weight excluding hydrogens is 272 g/mol. The summed E-state index contributed by atoms with van der Waals surface area (Å²) >= 11 is 3.27. The van der Waals surface area contributed by atoms with Crippen molar-refractivity contribution in [1.82, 2.24) is 4.98 Å². The van der Waals surface area contributed by atoms with Gasteiger partial charge in [0.25, 0.3) is 0 Å². The van der Waals surface area contributed by atoms with Crippen molar-refractivity contribution in [2.45, 2.75) is 33.3 Å². The number of pyridine rings is 1. The Hall–Kier alpha value is -1.10. The summed E-state index contributed by atoms with van der Waals surface area (Å²) in [7, 11) is 0. The summed E-state index contributed by atoms with van der Waals surface area (Å²) in [6, 6.07) is 1.57. The number of aryl methyl sites for hydroxylation is 1. The number of esters is 1. The van der Waals surface area contributed by atoms with Gasteiger partial charge in [0.05, 0.1) is 11.4 Å². The maximum absolute atomic E-state index is 11.7. The molecule has 0 aliphatic rings. The molecule has 0 saturated heterocycles. The normalized spacial score (nSPS) is 11.3. The quantitative estimate of drug-likeness (QED) is 0.806. The molecule has 0 aliphatic carbocycles. The lowest BCUT2D eigenvalue weighted by Gasteiger charge is -2.19. The summed E-state index contributed by atoms with van der Waals surface area (Å²) in [6.07, 6.45) is 0. The molecule has 4 nitrogen and oxygen atoms in total. The summed E-state index contributed by atoms with van der Waals surface area (Å²) < 4.78 is 5.86. The predicted octanol–water partition coefficient (Wildman–Crippen LogP) is 2.69. The fourth-order valence-electron chi connectivity index (χ4n) is 1.08. The number of nitrogen functional groups attached to an aromatic ring is 1. The molecule has 0 saturated carbocycles. The number of anilines is 1. The van der Waals surface area contributed by atoms with Gasteiger partial charge in [-0.25, -0.2) is 9.78 Å². The SMILES string of the molecule is Cc1nc(C(=O)OC(C)(C)C)cc(Br)c1N. The average molecular weight is 287 g/mol. The van der Waals surface area contributed by atoms with Gasteiger partial charge in [0.2, 0.25) is 0 Å². The molecule has 0 aliphatic heterocycles. The number of halogens is 1. The molecule has 5 heteroatoms. The number of rotatable bonds is 1. The van der Waals surface area contributed by atoms with E-state index < -0.39 is 11.6 Å². The zero-order chi connectivity index (χ0) is 12.5. The highest BCUT2D eigenvalue weighted by molar-refractivity contribution is 9.10. The summed E-state index contributed by atoms with van der Waals surface area (Å²) in [5, 5.41) is 0. The Morgan fingerprint density at radius 2 is 2.06 bits per heavy atom. The molecule has 0 fully saturated rings. The molecule has 1 aromatic heterocycles. The Bertz CT molecular complexity index is 401. The first kappa shape index (κ1) is 13.0. The van der Waals surface area contributed by atoms with Crippen molar-refractivity contribution in [1.29, 1.82) is 0 Å². The van der Waals surface area contributed by atoms with Gasteiger partial charge < -0.3 is 10.5 Å². The second-order valence-electron chi connectivity index (χ2n) is 4.49. The van der Waals surface area contributed by atoms with Crippen LogP contribution in [0, 0.1) is 6.92 Å². The maximum Gasteiger partial charge on any atom is 0.357 e. The van der Waals surface area contributed by atoms with Crippen LogP contribution >= 0.6 is 15.9 Å². The Morgan fingerprint density at radius 1 is 1.50 bits per heavy atom. The van der Waals surface area contributed by atoms with Gasteiger partial charge in [-0.1, -0.05) is 0 Å². The van der Waals surface area contributed by atoms with Gasteiger partial charge in [0.1, 0.15) is 11.3 Å². The molecule has 1 rings (SSSR count). The zero-order valence-electron chi connectivity index (χ0n) is 9.80. The van der Waals surface area contributed by atoms with Crippen LogP contribution in [-0.2, 0) is 4.74 Å². The Labute approximate surface area is 103 Å². The predicted molar refractivity (Wildman–Crippen MR) is 66.3 cm³/mol. The van der Waals surface area contributed by atoms with E-state index in [0.29, 0.717) is 15.9 Å². The average Bonchev–Trinajstić information content (AvgIpc) is 2.10. The smallest absolute Gasteiger partial charge is 0.357 e. The number of ether oxygens (including phenoxy) is 1. The van der Waals surface area contributed by atoms with E-state index in [-0.39, 0.29) is 5.69 Å². The minimum Gasteiger partial charge on any atom is -0.455 e. The highest BCUT2D eigenvalue weighted by atomic mass is 79.9. The molecule has 16 heavy (non-hydrogen) atoms. The lowest BCUT2D eigenvalue weighted by molar-refractivity contribution is 0.00626. The van der Waals surface area contributed by atoms with E-state index in [1.54, 1.807) is 13.0 Å². The highest BCUT2D eigenvalue weighted by Crippen LogP contribution is 2.23. The number of nitrogens with two attached hydrogens (primary N) is 1. The van der Waals surface area contributed by atoms with E-state index in [0.717, 1.165) is 0 Å².